The van der Waals surface area contributed by atoms with E-state index in [1.54, 1.807) is 19.1 Å². The fraction of sp³-hybridized carbons (Fsp3) is 0.571. The number of benzene rings is 1. The molecule has 1 fully saturated rings. The number of aliphatic hydroxyl groups excluding tert-OH is 1. The Hall–Kier alpha value is -0.950. The summed E-state index contributed by atoms with van der Waals surface area (Å²) in [4.78, 5) is 0.248. The smallest absolute Gasteiger partial charge is 0.241 e. The summed E-state index contributed by atoms with van der Waals surface area (Å²) in [7, 11) is -3.62. The van der Waals surface area contributed by atoms with E-state index in [9.17, 15) is 13.5 Å². The molecule has 0 bridgehead atoms. The van der Waals surface area contributed by atoms with Crippen molar-refractivity contribution in [2.24, 2.45) is 5.73 Å². The second kappa shape index (κ2) is 6.22. The molecule has 0 saturated heterocycles. The van der Waals surface area contributed by atoms with Crippen molar-refractivity contribution in [3.8, 4) is 0 Å². The van der Waals surface area contributed by atoms with Crippen LogP contribution in [0.25, 0.3) is 0 Å². The van der Waals surface area contributed by atoms with Gasteiger partial charge in [-0.05, 0) is 37.0 Å². The molecular weight excluding hydrogens is 276 g/mol. The van der Waals surface area contributed by atoms with Crippen LogP contribution < -0.4 is 10.5 Å². The number of nitrogens with two attached hydrogens (primary N) is 1. The molecule has 0 aliphatic heterocycles. The van der Waals surface area contributed by atoms with Crippen LogP contribution in [0.5, 0.6) is 0 Å². The highest BCUT2D eigenvalue weighted by Crippen LogP contribution is 2.22. The third-order valence-electron chi connectivity index (χ3n) is 3.81. The normalized spacial score (nSPS) is 23.8. The standard InChI is InChI=1S/C14H22N2O3S/c1-10-6-7-11(9-15)8-14(10)20(18,19)16-12-4-2-3-5-13(12)17/h6-8,12-13,16-17H,2-5,9,15H2,1H3. The van der Waals surface area contributed by atoms with Crippen molar-refractivity contribution in [1.29, 1.82) is 0 Å². The molecule has 1 aromatic rings. The molecule has 1 saturated carbocycles. The van der Waals surface area contributed by atoms with Crippen molar-refractivity contribution >= 4 is 10.0 Å². The fourth-order valence-corrected chi connectivity index (χ4v) is 4.17. The van der Waals surface area contributed by atoms with Gasteiger partial charge in [-0.3, -0.25) is 0 Å². The molecule has 1 aliphatic carbocycles. The van der Waals surface area contributed by atoms with Gasteiger partial charge in [-0.2, -0.15) is 0 Å². The maximum atomic E-state index is 12.5. The summed E-state index contributed by atoms with van der Waals surface area (Å²) in [5.41, 5.74) is 7.02. The highest BCUT2D eigenvalue weighted by molar-refractivity contribution is 7.89. The molecule has 2 rings (SSSR count). The number of sulfonamides is 1. The van der Waals surface area contributed by atoms with Crippen molar-refractivity contribution in [3.63, 3.8) is 0 Å². The molecule has 0 aromatic heterocycles. The van der Waals surface area contributed by atoms with E-state index in [2.05, 4.69) is 4.72 Å². The third kappa shape index (κ3) is 3.38. The van der Waals surface area contributed by atoms with Crippen LogP contribution >= 0.6 is 0 Å². The second-order valence-electron chi connectivity index (χ2n) is 5.38. The van der Waals surface area contributed by atoms with Gasteiger partial charge in [-0.15, -0.1) is 0 Å². The summed E-state index contributed by atoms with van der Waals surface area (Å²) < 4.78 is 27.6. The minimum atomic E-state index is -3.62. The predicted octanol–water partition coefficient (Wildman–Crippen LogP) is 1.04. The predicted molar refractivity (Wildman–Crippen MR) is 77.7 cm³/mol. The lowest BCUT2D eigenvalue weighted by atomic mass is 9.93. The summed E-state index contributed by atoms with van der Waals surface area (Å²) in [6.07, 6.45) is 2.61. The SMILES string of the molecule is Cc1ccc(CN)cc1S(=O)(=O)NC1CCCCC1O. The van der Waals surface area contributed by atoms with Crippen LogP contribution in [-0.4, -0.2) is 25.7 Å². The Morgan fingerprint density at radius 2 is 2.05 bits per heavy atom. The Morgan fingerprint density at radius 3 is 2.70 bits per heavy atom. The van der Waals surface area contributed by atoms with Gasteiger partial charge in [0.15, 0.2) is 0 Å². The van der Waals surface area contributed by atoms with Crippen LogP contribution in [0.3, 0.4) is 0 Å². The van der Waals surface area contributed by atoms with E-state index >= 15 is 0 Å². The molecule has 2 unspecified atom stereocenters. The molecule has 20 heavy (non-hydrogen) atoms. The minimum Gasteiger partial charge on any atom is -0.391 e. The van der Waals surface area contributed by atoms with Crippen LogP contribution in [0.4, 0.5) is 0 Å². The molecule has 0 radical (unpaired) electrons. The van der Waals surface area contributed by atoms with Crippen LogP contribution in [0.2, 0.25) is 0 Å². The van der Waals surface area contributed by atoms with Crippen molar-refractivity contribution in [2.75, 3.05) is 0 Å². The third-order valence-corrected chi connectivity index (χ3v) is 5.45. The summed E-state index contributed by atoms with van der Waals surface area (Å²) in [5, 5.41) is 9.90. The Bertz CT molecular complexity index is 572. The monoisotopic (exact) mass is 298 g/mol. The Labute approximate surface area is 120 Å². The van der Waals surface area contributed by atoms with Crippen LogP contribution in [0, 0.1) is 6.92 Å². The molecule has 1 aromatic carbocycles. The van der Waals surface area contributed by atoms with Gasteiger partial charge in [-0.25, -0.2) is 13.1 Å². The zero-order valence-corrected chi connectivity index (χ0v) is 12.5. The van der Waals surface area contributed by atoms with Crippen LogP contribution in [0.1, 0.15) is 36.8 Å². The summed E-state index contributed by atoms with van der Waals surface area (Å²) >= 11 is 0. The van der Waals surface area contributed by atoms with Gasteiger partial charge >= 0.3 is 0 Å². The molecule has 6 heteroatoms. The average molecular weight is 298 g/mol. The van der Waals surface area contributed by atoms with Gasteiger partial charge in [-0.1, -0.05) is 25.0 Å². The first-order chi connectivity index (χ1) is 9.44. The van der Waals surface area contributed by atoms with Gasteiger partial charge in [0.1, 0.15) is 0 Å². The zero-order chi connectivity index (χ0) is 14.8. The first-order valence-corrected chi connectivity index (χ1v) is 8.42. The Kier molecular flexibility index (Phi) is 4.80. The second-order valence-corrected chi connectivity index (χ2v) is 7.07. The molecule has 0 heterocycles. The molecule has 4 N–H and O–H groups in total. The summed E-state index contributed by atoms with van der Waals surface area (Å²) in [6.45, 7) is 2.06. The van der Waals surface area contributed by atoms with E-state index in [0.29, 0.717) is 24.9 Å². The summed E-state index contributed by atoms with van der Waals surface area (Å²) in [5.74, 6) is 0. The number of aliphatic hydroxyl groups is 1. The highest BCUT2D eigenvalue weighted by atomic mass is 32.2. The van der Waals surface area contributed by atoms with Crippen molar-refractivity contribution < 1.29 is 13.5 Å². The first kappa shape index (κ1) is 15.4. The molecule has 1 aliphatic rings. The number of hydrogen-bond donors (Lipinski definition) is 3. The quantitative estimate of drug-likeness (QED) is 0.774. The lowest BCUT2D eigenvalue weighted by Crippen LogP contribution is -2.45. The molecular formula is C14H22N2O3S. The maximum Gasteiger partial charge on any atom is 0.241 e. The maximum absolute atomic E-state index is 12.5. The van der Waals surface area contributed by atoms with E-state index in [-0.39, 0.29) is 4.90 Å². The van der Waals surface area contributed by atoms with Crippen molar-refractivity contribution in [3.05, 3.63) is 29.3 Å². The minimum absolute atomic E-state index is 0.248. The average Bonchev–Trinajstić information content (AvgIpc) is 2.41. The highest BCUT2D eigenvalue weighted by Gasteiger charge is 2.28. The van der Waals surface area contributed by atoms with Gasteiger partial charge in [0.05, 0.1) is 11.0 Å². The number of aryl methyl sites for hydroxylation is 1. The van der Waals surface area contributed by atoms with Crippen LogP contribution in [0.15, 0.2) is 23.1 Å². The van der Waals surface area contributed by atoms with Crippen molar-refractivity contribution in [1.82, 2.24) is 4.72 Å². The molecule has 112 valence electrons. The topological polar surface area (TPSA) is 92.4 Å². The van der Waals surface area contributed by atoms with Gasteiger partial charge in [0, 0.05) is 12.6 Å². The lowest BCUT2D eigenvalue weighted by molar-refractivity contribution is 0.101. The molecule has 0 amide bonds. The largest absolute Gasteiger partial charge is 0.391 e. The van der Waals surface area contributed by atoms with Gasteiger partial charge in [0.25, 0.3) is 0 Å². The number of rotatable bonds is 4. The van der Waals surface area contributed by atoms with E-state index in [4.69, 9.17) is 5.73 Å². The summed E-state index contributed by atoms with van der Waals surface area (Å²) in [6, 6.07) is 4.79. The zero-order valence-electron chi connectivity index (χ0n) is 11.7. The molecule has 2 atom stereocenters. The van der Waals surface area contributed by atoms with E-state index in [1.807, 2.05) is 6.07 Å². The number of hydrogen-bond acceptors (Lipinski definition) is 4. The lowest BCUT2D eigenvalue weighted by Gasteiger charge is -2.28. The van der Waals surface area contributed by atoms with E-state index in [0.717, 1.165) is 18.4 Å². The first-order valence-electron chi connectivity index (χ1n) is 6.94. The van der Waals surface area contributed by atoms with E-state index < -0.39 is 22.2 Å². The van der Waals surface area contributed by atoms with Gasteiger partial charge in [0.2, 0.25) is 10.0 Å². The number of nitrogens with one attached hydrogen (secondary N) is 1. The van der Waals surface area contributed by atoms with E-state index in [1.165, 1.54) is 0 Å². The molecule has 0 spiro atoms. The fourth-order valence-electron chi connectivity index (χ4n) is 2.57. The van der Waals surface area contributed by atoms with Crippen molar-refractivity contribution in [2.45, 2.75) is 56.2 Å². The Balaban J connectivity index is 2.25. The van der Waals surface area contributed by atoms with Gasteiger partial charge < -0.3 is 10.8 Å². The molecule has 5 nitrogen and oxygen atoms in total. The Morgan fingerprint density at radius 1 is 1.35 bits per heavy atom. The van der Waals surface area contributed by atoms with Crippen LogP contribution in [-0.2, 0) is 16.6 Å².